The molecule has 2 unspecified atom stereocenters. The van der Waals surface area contributed by atoms with E-state index in [2.05, 4.69) is 89.9 Å². The zero-order valence-electron chi connectivity index (χ0n) is 13.7. The molecule has 116 valence electrons. The van der Waals surface area contributed by atoms with Crippen molar-refractivity contribution in [3.05, 3.63) is 71.8 Å². The Morgan fingerprint density at radius 2 is 1.55 bits per heavy atom. The third-order valence-electron chi connectivity index (χ3n) is 4.98. The van der Waals surface area contributed by atoms with Crippen LogP contribution < -0.4 is 5.32 Å². The molecule has 3 heteroatoms. The largest absolute Gasteiger partial charge is 0.286 e. The Kier molecular flexibility index (Phi) is 4.30. The molecule has 0 spiro atoms. The summed E-state index contributed by atoms with van der Waals surface area (Å²) < 4.78 is 0. The second-order valence-corrected chi connectivity index (χ2v) is 6.04. The predicted molar refractivity (Wildman–Crippen MR) is 91.4 cm³/mol. The number of rotatable bonds is 3. The average molecular weight is 295 g/mol. The van der Waals surface area contributed by atoms with Crippen LogP contribution in [0.15, 0.2) is 60.7 Å². The molecule has 0 bridgehead atoms. The molecule has 1 heterocycles. The third kappa shape index (κ3) is 2.35. The van der Waals surface area contributed by atoms with Gasteiger partial charge in [-0.3, -0.25) is 15.1 Å². The zero-order valence-corrected chi connectivity index (χ0v) is 13.7. The fourth-order valence-corrected chi connectivity index (χ4v) is 3.84. The lowest BCUT2D eigenvalue weighted by Gasteiger charge is -2.55. The molecule has 0 saturated carbocycles. The van der Waals surface area contributed by atoms with Crippen molar-refractivity contribution in [3.63, 3.8) is 0 Å². The van der Waals surface area contributed by atoms with E-state index < -0.39 is 0 Å². The van der Waals surface area contributed by atoms with Crippen LogP contribution in [0.25, 0.3) is 0 Å². The molecule has 1 fully saturated rings. The standard InChI is InChI=1S/C19H25N3/c1-20-19(17-12-8-5-9-13-17)21(2)15-14-18(22(19)3)16-10-6-4-7-11-16/h4-13,18,20H,14-15H2,1-3H3. The Hall–Kier alpha value is -1.68. The van der Waals surface area contributed by atoms with Crippen LogP contribution in [0.3, 0.4) is 0 Å². The first-order valence-electron chi connectivity index (χ1n) is 7.93. The van der Waals surface area contributed by atoms with Gasteiger partial charge in [-0.25, -0.2) is 0 Å². The van der Waals surface area contributed by atoms with Crippen LogP contribution in [0.5, 0.6) is 0 Å². The maximum Gasteiger partial charge on any atom is 0.155 e. The molecule has 22 heavy (non-hydrogen) atoms. The van der Waals surface area contributed by atoms with Crippen molar-refractivity contribution in [2.24, 2.45) is 0 Å². The van der Waals surface area contributed by atoms with Gasteiger partial charge in [0.05, 0.1) is 0 Å². The molecule has 1 saturated heterocycles. The minimum Gasteiger partial charge on any atom is -0.286 e. The van der Waals surface area contributed by atoms with Gasteiger partial charge in [0.1, 0.15) is 0 Å². The number of hydrogen-bond donors (Lipinski definition) is 1. The third-order valence-corrected chi connectivity index (χ3v) is 4.98. The highest BCUT2D eigenvalue weighted by Crippen LogP contribution is 2.40. The normalized spacial score (nSPS) is 27.0. The van der Waals surface area contributed by atoms with E-state index in [1.165, 1.54) is 11.1 Å². The molecule has 1 aliphatic rings. The highest BCUT2D eigenvalue weighted by atomic mass is 15.5. The number of nitrogens with one attached hydrogen (secondary N) is 1. The Morgan fingerprint density at radius 1 is 0.955 bits per heavy atom. The molecule has 2 atom stereocenters. The summed E-state index contributed by atoms with van der Waals surface area (Å²) in [5.41, 5.74) is 2.66. The quantitative estimate of drug-likeness (QED) is 0.939. The van der Waals surface area contributed by atoms with Crippen LogP contribution in [0, 0.1) is 0 Å². The summed E-state index contributed by atoms with van der Waals surface area (Å²) in [4.78, 5) is 4.86. The van der Waals surface area contributed by atoms with E-state index in [1.807, 2.05) is 7.05 Å². The van der Waals surface area contributed by atoms with Gasteiger partial charge in [0, 0.05) is 18.2 Å². The van der Waals surface area contributed by atoms with Gasteiger partial charge in [0.15, 0.2) is 5.79 Å². The first-order chi connectivity index (χ1) is 10.7. The smallest absolute Gasteiger partial charge is 0.155 e. The minimum atomic E-state index is -0.278. The summed E-state index contributed by atoms with van der Waals surface area (Å²) in [6.45, 7) is 1.06. The van der Waals surface area contributed by atoms with E-state index in [9.17, 15) is 0 Å². The first kappa shape index (κ1) is 15.2. The Bertz CT molecular complexity index is 599. The molecule has 3 rings (SSSR count). The summed E-state index contributed by atoms with van der Waals surface area (Å²) in [7, 11) is 6.46. The molecule has 1 N–H and O–H groups in total. The van der Waals surface area contributed by atoms with Crippen molar-refractivity contribution in [2.45, 2.75) is 18.2 Å². The van der Waals surface area contributed by atoms with E-state index in [-0.39, 0.29) is 5.79 Å². The predicted octanol–water partition coefficient (Wildman–Crippen LogP) is 3.02. The molecule has 0 amide bonds. The Balaban J connectivity index is 2.04. The lowest BCUT2D eigenvalue weighted by atomic mass is 9.93. The molecule has 0 aliphatic carbocycles. The van der Waals surface area contributed by atoms with E-state index in [0.717, 1.165) is 13.0 Å². The number of nitrogens with zero attached hydrogens (tertiary/aromatic N) is 2. The summed E-state index contributed by atoms with van der Waals surface area (Å²) in [6, 6.07) is 21.9. The molecule has 0 aromatic heterocycles. The zero-order chi connectivity index (χ0) is 15.6. The average Bonchev–Trinajstić information content (AvgIpc) is 2.58. The van der Waals surface area contributed by atoms with Crippen LogP contribution in [0.4, 0.5) is 0 Å². The van der Waals surface area contributed by atoms with Crippen LogP contribution in [-0.4, -0.2) is 37.5 Å². The number of benzene rings is 2. The van der Waals surface area contributed by atoms with Gasteiger partial charge in [-0.05, 0) is 33.1 Å². The lowest BCUT2D eigenvalue weighted by molar-refractivity contribution is -0.119. The summed E-state index contributed by atoms with van der Waals surface area (Å²) in [5.74, 6) is -0.278. The monoisotopic (exact) mass is 295 g/mol. The molecule has 0 radical (unpaired) electrons. The summed E-state index contributed by atoms with van der Waals surface area (Å²) in [6.07, 6.45) is 1.13. The van der Waals surface area contributed by atoms with Crippen molar-refractivity contribution in [1.82, 2.24) is 15.1 Å². The maximum absolute atomic E-state index is 3.58. The van der Waals surface area contributed by atoms with Crippen molar-refractivity contribution in [3.8, 4) is 0 Å². The molecule has 2 aromatic rings. The number of hydrogen-bond acceptors (Lipinski definition) is 3. The highest BCUT2D eigenvalue weighted by Gasteiger charge is 2.45. The summed E-state index contributed by atoms with van der Waals surface area (Å²) in [5, 5.41) is 3.58. The molecule has 1 aliphatic heterocycles. The van der Waals surface area contributed by atoms with Crippen molar-refractivity contribution in [2.75, 3.05) is 27.7 Å². The molecule has 3 nitrogen and oxygen atoms in total. The van der Waals surface area contributed by atoms with Crippen LogP contribution in [-0.2, 0) is 5.79 Å². The van der Waals surface area contributed by atoms with Gasteiger partial charge in [0.2, 0.25) is 0 Å². The summed E-state index contributed by atoms with van der Waals surface area (Å²) >= 11 is 0. The second-order valence-electron chi connectivity index (χ2n) is 6.04. The van der Waals surface area contributed by atoms with Crippen LogP contribution >= 0.6 is 0 Å². The van der Waals surface area contributed by atoms with Gasteiger partial charge in [0.25, 0.3) is 0 Å². The molecule has 2 aromatic carbocycles. The van der Waals surface area contributed by atoms with Crippen molar-refractivity contribution < 1.29 is 0 Å². The van der Waals surface area contributed by atoms with E-state index in [1.54, 1.807) is 0 Å². The fraction of sp³-hybridized carbons (Fsp3) is 0.368. The fourth-order valence-electron chi connectivity index (χ4n) is 3.84. The maximum atomic E-state index is 3.58. The minimum absolute atomic E-state index is 0.278. The highest BCUT2D eigenvalue weighted by molar-refractivity contribution is 5.27. The van der Waals surface area contributed by atoms with Gasteiger partial charge >= 0.3 is 0 Å². The Labute approximate surface area is 133 Å². The van der Waals surface area contributed by atoms with E-state index in [4.69, 9.17) is 0 Å². The van der Waals surface area contributed by atoms with Crippen molar-refractivity contribution in [1.29, 1.82) is 0 Å². The second kappa shape index (κ2) is 6.21. The van der Waals surface area contributed by atoms with Crippen LogP contribution in [0.1, 0.15) is 23.6 Å². The topological polar surface area (TPSA) is 18.5 Å². The van der Waals surface area contributed by atoms with Gasteiger partial charge < -0.3 is 0 Å². The van der Waals surface area contributed by atoms with Crippen LogP contribution in [0.2, 0.25) is 0 Å². The van der Waals surface area contributed by atoms with E-state index >= 15 is 0 Å². The lowest BCUT2D eigenvalue weighted by Crippen LogP contribution is -2.66. The molecular formula is C19H25N3. The molecular weight excluding hydrogens is 270 g/mol. The van der Waals surface area contributed by atoms with Gasteiger partial charge in [-0.1, -0.05) is 60.7 Å². The van der Waals surface area contributed by atoms with Gasteiger partial charge in [-0.2, -0.15) is 0 Å². The SMILES string of the molecule is CNC1(c2ccccc2)N(C)CCC(c2ccccc2)N1C. The van der Waals surface area contributed by atoms with Crippen molar-refractivity contribution >= 4 is 0 Å². The van der Waals surface area contributed by atoms with E-state index in [0.29, 0.717) is 6.04 Å². The first-order valence-corrected chi connectivity index (χ1v) is 7.93. The Morgan fingerprint density at radius 3 is 2.14 bits per heavy atom. The van der Waals surface area contributed by atoms with Gasteiger partial charge in [-0.15, -0.1) is 0 Å².